The number of imidazole rings is 1. The maximum atomic E-state index is 2.64. The second kappa shape index (κ2) is 36.5. The van der Waals surface area contributed by atoms with E-state index in [0.717, 1.165) is 0 Å². The summed E-state index contributed by atoms with van der Waals surface area (Å²) in [5.41, 5.74) is 0. The van der Waals surface area contributed by atoms with E-state index in [1.807, 2.05) is 0 Å². The zero-order valence-corrected chi connectivity index (χ0v) is 33.1. The zero-order valence-electron chi connectivity index (χ0n) is 33.1. The van der Waals surface area contributed by atoms with Gasteiger partial charge in [-0.05, 0) is 32.1 Å². The Morgan fingerprint density at radius 2 is 0.660 bits per heavy atom. The first kappa shape index (κ1) is 44.2. The second-order valence-corrected chi connectivity index (χ2v) is 15.5. The number of rotatable bonds is 39. The van der Waals surface area contributed by atoms with Crippen molar-refractivity contribution in [1.29, 1.82) is 0 Å². The predicted molar refractivity (Wildman–Crippen MR) is 212 cm³/mol. The van der Waals surface area contributed by atoms with Gasteiger partial charge in [0.25, 0.3) is 5.82 Å². The van der Waals surface area contributed by atoms with E-state index in [1.165, 1.54) is 251 Å². The van der Waals surface area contributed by atoms with Gasteiger partial charge in [-0.2, -0.15) is 0 Å². The van der Waals surface area contributed by atoms with E-state index >= 15 is 0 Å². The largest absolute Gasteiger partial charge is 0.256 e. The molecule has 0 aliphatic carbocycles. The van der Waals surface area contributed by atoms with Gasteiger partial charge in [-0.15, -0.1) is 0 Å². The van der Waals surface area contributed by atoms with E-state index in [1.54, 1.807) is 5.82 Å². The highest BCUT2D eigenvalue weighted by Crippen LogP contribution is 2.16. The van der Waals surface area contributed by atoms with Gasteiger partial charge in [-0.1, -0.05) is 220 Å². The molecule has 2 nitrogen and oxygen atoms in total. The van der Waals surface area contributed by atoms with Crippen LogP contribution in [-0.4, -0.2) is 4.57 Å². The molecule has 0 aliphatic heterocycles. The third-order valence-electron chi connectivity index (χ3n) is 10.8. The minimum atomic E-state index is 1.23. The molecule has 0 amide bonds. The van der Waals surface area contributed by atoms with Crippen LogP contribution in [0.4, 0.5) is 0 Å². The normalized spacial score (nSPS) is 11.6. The zero-order chi connectivity index (χ0) is 33.7. The van der Waals surface area contributed by atoms with Crippen molar-refractivity contribution < 1.29 is 4.57 Å². The molecule has 1 aromatic heterocycles. The van der Waals surface area contributed by atoms with Crippen molar-refractivity contribution in [2.75, 3.05) is 0 Å². The fourth-order valence-electron chi connectivity index (χ4n) is 7.56. The Morgan fingerprint density at radius 3 is 1.02 bits per heavy atom. The summed E-state index contributed by atoms with van der Waals surface area (Å²) in [5, 5.41) is 0. The molecular weight excluding hydrogens is 569 g/mol. The van der Waals surface area contributed by atoms with Crippen molar-refractivity contribution >= 4 is 0 Å². The maximum Gasteiger partial charge on any atom is 0.256 e. The molecule has 0 aromatic carbocycles. The molecule has 1 heterocycles. The lowest BCUT2D eigenvalue weighted by molar-refractivity contribution is -0.704. The van der Waals surface area contributed by atoms with Gasteiger partial charge < -0.3 is 0 Å². The summed E-state index contributed by atoms with van der Waals surface area (Å²) in [6, 6.07) is 0. The molecule has 0 N–H and O–H groups in total. The van der Waals surface area contributed by atoms with E-state index in [9.17, 15) is 0 Å². The van der Waals surface area contributed by atoms with Crippen molar-refractivity contribution in [1.82, 2.24) is 4.57 Å². The summed E-state index contributed by atoms with van der Waals surface area (Å²) in [6.07, 6.45) is 57.9. The van der Waals surface area contributed by atoms with E-state index in [-0.39, 0.29) is 0 Å². The molecule has 0 atom stereocenters. The van der Waals surface area contributed by atoms with E-state index < -0.39 is 0 Å². The molecule has 0 spiro atoms. The minimum Gasteiger partial charge on any atom is -0.234 e. The number of hydrogen-bond donors (Lipinski definition) is 0. The Labute approximate surface area is 298 Å². The van der Waals surface area contributed by atoms with Crippen molar-refractivity contribution in [3.63, 3.8) is 0 Å². The topological polar surface area (TPSA) is 8.81 Å². The fraction of sp³-hybridized carbons (Fsp3) is 0.933. The molecule has 0 bridgehead atoms. The molecular formula is C45H89N2+. The Balaban J connectivity index is 2.16. The molecule has 1 aromatic rings. The summed E-state index contributed by atoms with van der Waals surface area (Å²) < 4.78 is 5.28. The maximum absolute atomic E-state index is 2.64. The van der Waals surface area contributed by atoms with E-state index in [0.29, 0.717) is 0 Å². The summed E-state index contributed by atoms with van der Waals surface area (Å²) in [4.78, 5) is 0. The lowest BCUT2D eigenvalue weighted by Gasteiger charge is -2.07. The van der Waals surface area contributed by atoms with Crippen LogP contribution in [0.1, 0.15) is 258 Å². The van der Waals surface area contributed by atoms with Crippen molar-refractivity contribution in [2.24, 2.45) is 0 Å². The van der Waals surface area contributed by atoms with Gasteiger partial charge in [-0.25, -0.2) is 9.13 Å². The first-order chi connectivity index (χ1) is 23.3. The molecule has 0 unspecified atom stereocenters. The highest BCUT2D eigenvalue weighted by Gasteiger charge is 2.16. The molecule has 2 heteroatoms. The molecule has 1 rings (SSSR count). The molecule has 47 heavy (non-hydrogen) atoms. The van der Waals surface area contributed by atoms with Crippen LogP contribution in [0.5, 0.6) is 0 Å². The lowest BCUT2D eigenvalue weighted by Crippen LogP contribution is -2.37. The number of aromatic nitrogens is 2. The van der Waals surface area contributed by atoms with Gasteiger partial charge in [-0.3, -0.25) is 0 Å². The van der Waals surface area contributed by atoms with Crippen molar-refractivity contribution in [3.05, 3.63) is 18.2 Å². The summed E-state index contributed by atoms with van der Waals surface area (Å²) in [5.74, 6) is 1.62. The lowest BCUT2D eigenvalue weighted by atomic mass is 10.0. The van der Waals surface area contributed by atoms with Crippen LogP contribution in [0.2, 0.25) is 0 Å². The van der Waals surface area contributed by atoms with Gasteiger partial charge in [0.1, 0.15) is 12.4 Å². The van der Waals surface area contributed by atoms with E-state index in [4.69, 9.17) is 0 Å². The Morgan fingerprint density at radius 1 is 0.362 bits per heavy atom. The van der Waals surface area contributed by atoms with Gasteiger partial charge in [0, 0.05) is 6.42 Å². The van der Waals surface area contributed by atoms with Gasteiger partial charge >= 0.3 is 0 Å². The highest BCUT2D eigenvalue weighted by molar-refractivity contribution is 4.84. The molecule has 0 radical (unpaired) electrons. The average Bonchev–Trinajstić information content (AvgIpc) is 3.47. The minimum absolute atomic E-state index is 1.23. The summed E-state index contributed by atoms with van der Waals surface area (Å²) >= 11 is 0. The number of unbranched alkanes of at least 4 members (excludes halogenated alkanes) is 33. The summed E-state index contributed by atoms with van der Waals surface area (Å²) in [6.45, 7) is 9.41. The van der Waals surface area contributed by atoms with Gasteiger partial charge in [0.2, 0.25) is 0 Å². The van der Waals surface area contributed by atoms with Crippen LogP contribution >= 0.6 is 0 Å². The van der Waals surface area contributed by atoms with Gasteiger partial charge in [0.05, 0.1) is 13.1 Å². The van der Waals surface area contributed by atoms with Crippen molar-refractivity contribution in [3.8, 4) is 0 Å². The second-order valence-electron chi connectivity index (χ2n) is 15.5. The summed E-state index contributed by atoms with van der Waals surface area (Å²) in [7, 11) is 0. The highest BCUT2D eigenvalue weighted by atomic mass is 15.1. The Kier molecular flexibility index (Phi) is 34.3. The number of hydrogen-bond acceptors (Lipinski definition) is 0. The molecule has 278 valence electrons. The molecule has 0 saturated heterocycles. The first-order valence-corrected chi connectivity index (χ1v) is 22.4. The van der Waals surface area contributed by atoms with Crippen LogP contribution in [0.3, 0.4) is 0 Å². The molecule has 0 saturated carbocycles. The average molecular weight is 658 g/mol. The van der Waals surface area contributed by atoms with Crippen LogP contribution in [-0.2, 0) is 19.5 Å². The number of aryl methyl sites for hydroxylation is 2. The monoisotopic (exact) mass is 658 g/mol. The van der Waals surface area contributed by atoms with Gasteiger partial charge in [0.15, 0.2) is 0 Å². The van der Waals surface area contributed by atoms with E-state index in [2.05, 4.69) is 42.3 Å². The SMILES string of the molecule is CCCCCCCCCCCCCCCCCCCn1cc[n+](CCCCCCCCCCCCCCC)c1CCCCCCCC. The predicted octanol–water partition coefficient (Wildman–Crippen LogP) is 15.4. The van der Waals surface area contributed by atoms with Crippen LogP contribution in [0.15, 0.2) is 12.4 Å². The molecule has 0 aliphatic rings. The Hall–Kier alpha value is -0.790. The van der Waals surface area contributed by atoms with Crippen LogP contribution in [0, 0.1) is 0 Å². The smallest absolute Gasteiger partial charge is 0.234 e. The standard InChI is InChI=1S/C45H89N2/c1-4-7-10-13-16-18-20-22-23-24-25-27-29-31-33-36-39-42-47-44-43-46(45(47)40-37-34-15-12-9-6-3)41-38-35-32-30-28-26-21-19-17-14-11-8-5-2/h43-44H,4-42H2,1-3H3/q+1. The van der Waals surface area contributed by atoms with Crippen LogP contribution < -0.4 is 4.57 Å². The fourth-order valence-corrected chi connectivity index (χ4v) is 7.56. The number of nitrogens with zero attached hydrogens (tertiary/aromatic N) is 2. The quantitative estimate of drug-likeness (QED) is 0.0492. The van der Waals surface area contributed by atoms with Crippen LogP contribution in [0.25, 0.3) is 0 Å². The first-order valence-electron chi connectivity index (χ1n) is 22.4. The third-order valence-corrected chi connectivity index (χ3v) is 10.8. The molecule has 0 fully saturated rings. The van der Waals surface area contributed by atoms with Crippen molar-refractivity contribution in [2.45, 2.75) is 271 Å². The third kappa shape index (κ3) is 28.7. The Bertz CT molecular complexity index is 722.